The maximum Gasteiger partial charge on any atom is 0.160 e. The van der Waals surface area contributed by atoms with E-state index in [1.165, 1.54) is 64.4 Å². The molecule has 0 aliphatic carbocycles. The molecule has 0 unspecified atom stereocenters. The van der Waals surface area contributed by atoms with Crippen LogP contribution in [0.1, 0.15) is 0 Å². The molecule has 0 bridgehead atoms. The molecule has 0 aliphatic rings. The zero-order valence-electron chi connectivity index (χ0n) is 34.5. The number of rotatable bonds is 6. The predicted molar refractivity (Wildman–Crippen MR) is 269 cm³/mol. The fourth-order valence-electron chi connectivity index (χ4n) is 9.67. The Kier molecular flexibility index (Phi) is 8.36. The van der Waals surface area contributed by atoms with Gasteiger partial charge in [0, 0.05) is 59.6 Å². The van der Waals surface area contributed by atoms with Gasteiger partial charge in [0.25, 0.3) is 0 Å². The van der Waals surface area contributed by atoms with Crippen molar-refractivity contribution in [1.29, 1.82) is 0 Å². The third-order valence-corrected chi connectivity index (χ3v) is 13.7. The number of hydrogen-bond donors (Lipinski definition) is 0. The van der Waals surface area contributed by atoms with Crippen LogP contribution < -0.4 is 0 Å². The van der Waals surface area contributed by atoms with Gasteiger partial charge in [-0.25, -0.2) is 15.0 Å². The first-order valence-corrected chi connectivity index (χ1v) is 22.4. The van der Waals surface area contributed by atoms with Crippen molar-refractivity contribution < 1.29 is 0 Å². The number of pyridine rings is 1. The van der Waals surface area contributed by atoms with E-state index in [9.17, 15) is 0 Å². The summed E-state index contributed by atoms with van der Waals surface area (Å²) in [6.45, 7) is 0. The molecule has 0 aliphatic heterocycles. The van der Waals surface area contributed by atoms with E-state index in [4.69, 9.17) is 15.0 Å². The smallest absolute Gasteiger partial charge is 0.160 e. The Morgan fingerprint density at radius 3 is 1.52 bits per heavy atom. The molecule has 64 heavy (non-hydrogen) atoms. The SMILES string of the molecule is c1ccc(-c2nc(-c3ccc(-c4ccc(-c5nc6sc7ccccc7c6c6ccccc56)c5ccccc45)cc3)cc(-c3ccc(-n4c5ccccc5c5ccccc54)cc3)n2)cc1. The molecule has 0 spiro atoms. The molecule has 298 valence electrons. The number of nitrogens with zero attached hydrogens (tertiary/aromatic N) is 4. The Balaban J connectivity index is 0.888. The molecule has 13 aromatic rings. The molecule has 0 radical (unpaired) electrons. The van der Waals surface area contributed by atoms with Crippen molar-refractivity contribution in [1.82, 2.24) is 19.5 Å². The number of aromatic nitrogens is 4. The minimum Gasteiger partial charge on any atom is -0.309 e. The summed E-state index contributed by atoms with van der Waals surface area (Å²) < 4.78 is 3.60. The Morgan fingerprint density at radius 1 is 0.344 bits per heavy atom. The van der Waals surface area contributed by atoms with E-state index >= 15 is 0 Å². The second-order valence-electron chi connectivity index (χ2n) is 16.3. The standard InChI is InChI=1S/C59H36N4S/c1-2-14-40(15-3-1)58-60-51(36-52(61-58)39-30-32-41(33-31-39)63-53-23-11-8-18-45(53)46-19-9-12-24-54(46)63)38-28-26-37(27-29-38)42-34-35-49(44-17-5-4-16-43(42)44)57-48-21-7-6-20-47(48)56-50-22-10-13-25-55(50)64-59(56)62-57/h1-36H. The monoisotopic (exact) mass is 832 g/mol. The molecule has 9 aromatic carbocycles. The largest absolute Gasteiger partial charge is 0.309 e. The molecule has 0 fully saturated rings. The Bertz CT molecular complexity index is 3890. The van der Waals surface area contributed by atoms with Gasteiger partial charge < -0.3 is 4.57 Å². The van der Waals surface area contributed by atoms with E-state index in [1.54, 1.807) is 11.3 Å². The van der Waals surface area contributed by atoms with Crippen molar-refractivity contribution in [3.05, 3.63) is 218 Å². The minimum atomic E-state index is 0.695. The number of hydrogen-bond acceptors (Lipinski definition) is 4. The summed E-state index contributed by atoms with van der Waals surface area (Å²) in [5.74, 6) is 0.695. The van der Waals surface area contributed by atoms with Crippen LogP contribution in [-0.4, -0.2) is 19.5 Å². The van der Waals surface area contributed by atoms with Crippen LogP contribution in [0, 0.1) is 0 Å². The normalized spacial score (nSPS) is 11.8. The fraction of sp³-hybridized carbons (Fsp3) is 0. The van der Waals surface area contributed by atoms with Crippen molar-refractivity contribution >= 4 is 75.0 Å². The molecular weight excluding hydrogens is 797 g/mol. The van der Waals surface area contributed by atoms with Gasteiger partial charge in [-0.05, 0) is 63.7 Å². The molecule has 4 aromatic heterocycles. The highest BCUT2D eigenvalue weighted by molar-refractivity contribution is 7.25. The van der Waals surface area contributed by atoms with Crippen LogP contribution in [0.2, 0.25) is 0 Å². The molecule has 4 nitrogen and oxygen atoms in total. The molecule has 0 N–H and O–H groups in total. The summed E-state index contributed by atoms with van der Waals surface area (Å²) in [5.41, 5.74) is 12.7. The first-order valence-electron chi connectivity index (χ1n) is 21.6. The quantitative estimate of drug-likeness (QED) is 0.168. The lowest BCUT2D eigenvalue weighted by atomic mass is 9.91. The van der Waals surface area contributed by atoms with E-state index in [0.29, 0.717) is 5.82 Å². The molecule has 5 heteroatoms. The van der Waals surface area contributed by atoms with Crippen molar-refractivity contribution in [2.45, 2.75) is 0 Å². The molecule has 13 rings (SSSR count). The number of para-hydroxylation sites is 2. The Morgan fingerprint density at radius 2 is 0.844 bits per heavy atom. The van der Waals surface area contributed by atoms with Crippen LogP contribution in [0.4, 0.5) is 0 Å². The highest BCUT2D eigenvalue weighted by Gasteiger charge is 2.19. The van der Waals surface area contributed by atoms with Crippen molar-refractivity contribution in [2.75, 3.05) is 0 Å². The number of thiophene rings is 1. The molecule has 0 saturated carbocycles. The van der Waals surface area contributed by atoms with E-state index in [1.807, 2.05) is 18.2 Å². The van der Waals surface area contributed by atoms with Gasteiger partial charge in [-0.2, -0.15) is 0 Å². The molecule has 0 atom stereocenters. The average Bonchev–Trinajstić information content (AvgIpc) is 3.92. The van der Waals surface area contributed by atoms with Crippen LogP contribution >= 0.6 is 11.3 Å². The van der Waals surface area contributed by atoms with E-state index < -0.39 is 0 Å². The fourth-order valence-corrected chi connectivity index (χ4v) is 10.8. The summed E-state index contributed by atoms with van der Waals surface area (Å²) in [5, 5.41) is 9.77. The topological polar surface area (TPSA) is 43.6 Å². The van der Waals surface area contributed by atoms with Crippen LogP contribution in [0.3, 0.4) is 0 Å². The molecule has 0 saturated heterocycles. The zero-order chi connectivity index (χ0) is 42.1. The highest BCUT2D eigenvalue weighted by atomic mass is 32.1. The minimum absolute atomic E-state index is 0.695. The average molecular weight is 833 g/mol. The second-order valence-corrected chi connectivity index (χ2v) is 17.3. The lowest BCUT2D eigenvalue weighted by Crippen LogP contribution is -1.97. The first-order chi connectivity index (χ1) is 31.7. The van der Waals surface area contributed by atoms with Gasteiger partial charge in [0.05, 0.1) is 28.1 Å². The van der Waals surface area contributed by atoms with Crippen LogP contribution in [-0.2, 0) is 0 Å². The summed E-state index contributed by atoms with van der Waals surface area (Å²) in [7, 11) is 0. The predicted octanol–water partition coefficient (Wildman–Crippen LogP) is 16.0. The third-order valence-electron chi connectivity index (χ3n) is 12.7. The van der Waals surface area contributed by atoms with E-state index in [2.05, 4.69) is 205 Å². The zero-order valence-corrected chi connectivity index (χ0v) is 35.3. The summed E-state index contributed by atoms with van der Waals surface area (Å²) in [6, 6.07) is 77.8. The number of fused-ring (bicyclic) bond motifs is 9. The van der Waals surface area contributed by atoms with Gasteiger partial charge in [-0.1, -0.05) is 182 Å². The Hall–Kier alpha value is -8.25. The summed E-state index contributed by atoms with van der Waals surface area (Å²) >= 11 is 1.77. The first kappa shape index (κ1) is 36.4. The van der Waals surface area contributed by atoms with Gasteiger partial charge >= 0.3 is 0 Å². The van der Waals surface area contributed by atoms with Crippen molar-refractivity contribution in [3.8, 4) is 62.0 Å². The molecular formula is C59H36N4S. The van der Waals surface area contributed by atoms with Gasteiger partial charge in [0.1, 0.15) is 4.83 Å². The van der Waals surface area contributed by atoms with Gasteiger partial charge in [-0.3, -0.25) is 0 Å². The third kappa shape index (κ3) is 5.86. The highest BCUT2D eigenvalue weighted by Crippen LogP contribution is 2.43. The van der Waals surface area contributed by atoms with Crippen molar-refractivity contribution in [2.24, 2.45) is 0 Å². The summed E-state index contributed by atoms with van der Waals surface area (Å²) in [4.78, 5) is 16.8. The van der Waals surface area contributed by atoms with Gasteiger partial charge in [0.2, 0.25) is 0 Å². The van der Waals surface area contributed by atoms with Gasteiger partial charge in [0.15, 0.2) is 5.82 Å². The lowest BCUT2D eigenvalue weighted by Gasteiger charge is -2.14. The molecule has 0 amide bonds. The van der Waals surface area contributed by atoms with E-state index in [0.717, 1.165) is 55.4 Å². The Labute approximate surface area is 373 Å². The second kappa shape index (κ2) is 14.7. The van der Waals surface area contributed by atoms with Crippen molar-refractivity contribution in [3.63, 3.8) is 0 Å². The maximum absolute atomic E-state index is 5.41. The van der Waals surface area contributed by atoms with Gasteiger partial charge in [-0.15, -0.1) is 11.3 Å². The number of benzene rings is 9. The molecule has 4 heterocycles. The summed E-state index contributed by atoms with van der Waals surface area (Å²) in [6.07, 6.45) is 0. The van der Waals surface area contributed by atoms with Crippen LogP contribution in [0.15, 0.2) is 218 Å². The maximum atomic E-state index is 5.41. The van der Waals surface area contributed by atoms with E-state index in [-0.39, 0.29) is 0 Å². The van der Waals surface area contributed by atoms with Crippen LogP contribution in [0.5, 0.6) is 0 Å². The lowest BCUT2D eigenvalue weighted by molar-refractivity contribution is 1.17. The van der Waals surface area contributed by atoms with Crippen LogP contribution in [0.25, 0.3) is 126 Å².